The van der Waals surface area contributed by atoms with Crippen molar-refractivity contribution in [2.45, 2.75) is 132 Å². The van der Waals surface area contributed by atoms with Gasteiger partial charge in [0, 0.05) is 12.6 Å². The molecule has 2 rings (SSSR count). The van der Waals surface area contributed by atoms with Crippen LogP contribution in [0.1, 0.15) is 108 Å². The van der Waals surface area contributed by atoms with Gasteiger partial charge in [-0.25, -0.2) is 9.59 Å². The molecule has 274 valence electrons. The van der Waals surface area contributed by atoms with Crippen LogP contribution in [-0.4, -0.2) is 78.2 Å². The Morgan fingerprint density at radius 2 is 1.62 bits per heavy atom. The summed E-state index contributed by atoms with van der Waals surface area (Å²) in [6, 6.07) is -2.64. The summed E-state index contributed by atoms with van der Waals surface area (Å²) in [5.74, 6) is -1.82. The smallest absolute Gasteiger partial charge is 0.329 e. The first-order valence-electron chi connectivity index (χ1n) is 16.8. The maximum absolute atomic E-state index is 13.2. The molecule has 2 fully saturated rings. The summed E-state index contributed by atoms with van der Waals surface area (Å²) in [7, 11) is 0. The molecule has 13 heteroatoms. The molecule has 12 nitrogen and oxygen atoms in total. The van der Waals surface area contributed by atoms with E-state index in [1.165, 1.54) is 11.8 Å². The molecule has 2 aliphatic rings. The zero-order valence-electron chi connectivity index (χ0n) is 30.8. The molecule has 0 aromatic heterocycles. The Bertz CT molecular complexity index is 1130. The zero-order chi connectivity index (χ0) is 37.2. The second kappa shape index (κ2) is 21.6. The van der Waals surface area contributed by atoms with Crippen LogP contribution < -0.4 is 21.7 Å². The highest BCUT2D eigenvalue weighted by molar-refractivity contribution is 8.04. The number of esters is 1. The van der Waals surface area contributed by atoms with Gasteiger partial charge >= 0.3 is 12.0 Å². The van der Waals surface area contributed by atoms with Crippen LogP contribution in [0.3, 0.4) is 0 Å². The van der Waals surface area contributed by atoms with Crippen LogP contribution in [0, 0.1) is 16.7 Å². The molecular weight excluding hydrogens is 634 g/mol. The van der Waals surface area contributed by atoms with Crippen molar-refractivity contribution in [3.8, 4) is 0 Å². The fraction of sp³-hybridized carbons (Fsp3) is 0.714. The number of carbonyl (C=O) groups excluding carboxylic acids is 6. The first-order valence-corrected chi connectivity index (χ1v) is 17.7. The van der Waals surface area contributed by atoms with Crippen molar-refractivity contribution in [3.05, 3.63) is 23.0 Å². The van der Waals surface area contributed by atoms with Crippen molar-refractivity contribution in [2.24, 2.45) is 22.5 Å². The third kappa shape index (κ3) is 17.7. The topological polar surface area (TPSA) is 177 Å². The van der Waals surface area contributed by atoms with Gasteiger partial charge in [0.15, 0.2) is 0 Å². The average Bonchev–Trinajstić information content (AvgIpc) is 3.72. The molecule has 4 atom stereocenters. The van der Waals surface area contributed by atoms with Gasteiger partial charge in [-0.05, 0) is 72.7 Å². The number of ketones is 1. The number of Topliss-reactive ketones (excluding diaryl/α,β-unsaturated/α-hetero) is 1. The Morgan fingerprint density at radius 3 is 2.06 bits per heavy atom. The van der Waals surface area contributed by atoms with E-state index in [-0.39, 0.29) is 24.0 Å². The fourth-order valence-electron chi connectivity index (χ4n) is 4.89. The second-order valence-electron chi connectivity index (χ2n) is 14.4. The zero-order valence-corrected chi connectivity index (χ0v) is 31.6. The monoisotopic (exact) mass is 695 g/mol. The summed E-state index contributed by atoms with van der Waals surface area (Å²) < 4.78 is 5.45. The van der Waals surface area contributed by atoms with Crippen LogP contribution in [-0.2, 0) is 28.7 Å². The molecule has 0 bridgehead atoms. The Kier molecular flexibility index (Phi) is 20.1. The third-order valence-electron chi connectivity index (χ3n) is 7.53. The molecule has 1 saturated heterocycles. The number of likely N-dealkylation sites (tertiary alicyclic amines) is 1. The molecule has 48 heavy (non-hydrogen) atoms. The Labute approximate surface area is 292 Å². The first-order chi connectivity index (χ1) is 22.3. The number of rotatable bonds is 15. The van der Waals surface area contributed by atoms with E-state index < -0.39 is 47.2 Å². The Morgan fingerprint density at radius 1 is 1.02 bits per heavy atom. The van der Waals surface area contributed by atoms with Crippen LogP contribution in [0.15, 0.2) is 23.0 Å². The average molecular weight is 696 g/mol. The van der Waals surface area contributed by atoms with Crippen LogP contribution in [0.4, 0.5) is 4.79 Å². The summed E-state index contributed by atoms with van der Waals surface area (Å²) in [4.78, 5) is 72.6. The van der Waals surface area contributed by atoms with E-state index in [2.05, 4.69) is 22.5 Å². The van der Waals surface area contributed by atoms with E-state index in [1.54, 1.807) is 5.41 Å². The molecule has 1 heterocycles. The molecule has 0 radical (unpaired) electrons. The molecule has 5 N–H and O–H groups in total. The van der Waals surface area contributed by atoms with E-state index >= 15 is 0 Å². The van der Waals surface area contributed by atoms with Crippen molar-refractivity contribution in [1.29, 1.82) is 0 Å². The van der Waals surface area contributed by atoms with Crippen molar-refractivity contribution in [3.63, 3.8) is 0 Å². The quantitative estimate of drug-likeness (QED) is 0.107. The second-order valence-corrected chi connectivity index (χ2v) is 15.2. The van der Waals surface area contributed by atoms with Crippen molar-refractivity contribution >= 4 is 47.8 Å². The molecule has 0 aromatic rings. The molecule has 1 aliphatic carbocycles. The summed E-state index contributed by atoms with van der Waals surface area (Å²) in [5, 5.41) is 11.5. The number of amides is 5. The minimum atomic E-state index is -0.986. The molecule has 0 spiro atoms. The lowest BCUT2D eigenvalue weighted by Gasteiger charge is -2.35. The summed E-state index contributed by atoms with van der Waals surface area (Å²) in [6.45, 7) is 24.1. The van der Waals surface area contributed by atoms with Gasteiger partial charge in [-0.15, -0.1) is 11.8 Å². The Balaban J connectivity index is 0.00000122. The molecule has 0 aromatic carbocycles. The molecule has 1 aliphatic heterocycles. The number of hydrogen-bond donors (Lipinski definition) is 4. The van der Waals surface area contributed by atoms with Gasteiger partial charge in [-0.3, -0.25) is 19.2 Å². The molecule has 3 unspecified atom stereocenters. The minimum absolute atomic E-state index is 0.0851. The van der Waals surface area contributed by atoms with E-state index in [0.717, 1.165) is 31.3 Å². The van der Waals surface area contributed by atoms with E-state index in [4.69, 9.17) is 10.5 Å². The molecule has 1 saturated carbocycles. The number of primary amides is 1. The summed E-state index contributed by atoms with van der Waals surface area (Å²) >= 11 is 1.41. The number of urea groups is 1. The maximum atomic E-state index is 13.2. The van der Waals surface area contributed by atoms with Gasteiger partial charge in [0.1, 0.15) is 18.7 Å². The van der Waals surface area contributed by atoms with Gasteiger partial charge in [0.05, 0.1) is 6.04 Å². The predicted molar refractivity (Wildman–Crippen MR) is 192 cm³/mol. The van der Waals surface area contributed by atoms with Gasteiger partial charge in [0.25, 0.3) is 5.91 Å². The number of thioether (sulfide) groups is 1. The van der Waals surface area contributed by atoms with Crippen LogP contribution in [0.2, 0.25) is 0 Å². The third-order valence-corrected chi connectivity index (χ3v) is 8.26. The van der Waals surface area contributed by atoms with Gasteiger partial charge in [-0.1, -0.05) is 74.8 Å². The predicted octanol–water partition coefficient (Wildman–Crippen LogP) is 4.82. The van der Waals surface area contributed by atoms with Gasteiger partial charge < -0.3 is 31.3 Å². The fourth-order valence-corrected chi connectivity index (χ4v) is 5.28. The number of nitrogens with two attached hydrogens (primary N) is 1. The van der Waals surface area contributed by atoms with E-state index in [9.17, 15) is 28.8 Å². The number of nitrogens with one attached hydrogen (secondary N) is 3. The number of hydrogen-bond acceptors (Lipinski definition) is 8. The van der Waals surface area contributed by atoms with Crippen molar-refractivity contribution in [2.75, 3.05) is 13.2 Å². The first kappa shape index (κ1) is 44.6. The minimum Gasteiger partial charge on any atom is -0.460 e. The highest BCUT2D eigenvalue weighted by atomic mass is 32.2. The van der Waals surface area contributed by atoms with Crippen molar-refractivity contribution in [1.82, 2.24) is 20.9 Å². The van der Waals surface area contributed by atoms with Crippen molar-refractivity contribution < 1.29 is 33.5 Å². The summed E-state index contributed by atoms with van der Waals surface area (Å²) in [6.07, 6.45) is 5.41. The van der Waals surface area contributed by atoms with Gasteiger partial charge in [0.2, 0.25) is 18.1 Å². The lowest BCUT2D eigenvalue weighted by Crippen LogP contribution is -2.59. The normalized spacial score (nSPS) is 17.9. The SMILES string of the molecule is C=CS/C=C(\C)COC(=O)[C@H](CC(C)(C)C)NC(=O)NC(C(=O)N1CCCC1C)C(C)(C)C.CC.NC(=O)C(=O)C(CC1CC1)NC=O. The highest BCUT2D eigenvalue weighted by Crippen LogP contribution is 2.33. The van der Waals surface area contributed by atoms with E-state index in [0.29, 0.717) is 31.7 Å². The Hall–Kier alpha value is -3.35. The van der Waals surface area contributed by atoms with Gasteiger partial charge in [-0.2, -0.15) is 0 Å². The number of nitrogens with zero attached hydrogens (tertiary/aromatic N) is 1. The number of carbonyl (C=O) groups is 6. The maximum Gasteiger partial charge on any atom is 0.329 e. The largest absolute Gasteiger partial charge is 0.460 e. The standard InChI is InChI=1S/C25H43N3O4S.C8H12N2O3.C2H6/c1-10-33-16-17(2)15-32-22(30)19(14-24(4,5)6)26-23(31)27-20(25(7,8)9)21(29)28-13-11-12-18(28)3;9-8(13)7(12)6(10-4-11)3-5-1-2-5;1-2/h10,16,18-20H,1,11-15H2,2-9H3,(H2,26,27,31);4-6H,1-3H2,(H2,9,13)(H,10,11);1-2H3/b17-16+;;/t18?,19-,20?;;/m0../s1. The molecular formula is C35H61N5O7S. The number of ether oxygens (including phenoxy) is 1. The lowest BCUT2D eigenvalue weighted by atomic mass is 9.85. The van der Waals surface area contributed by atoms with Crippen LogP contribution in [0.5, 0.6) is 0 Å². The van der Waals surface area contributed by atoms with E-state index in [1.807, 2.05) is 79.5 Å². The highest BCUT2D eigenvalue weighted by Gasteiger charge is 2.39. The molecule has 5 amide bonds. The van der Waals surface area contributed by atoms with Crippen LogP contribution in [0.25, 0.3) is 0 Å². The summed E-state index contributed by atoms with van der Waals surface area (Å²) in [5.41, 5.74) is 5.00. The lowest BCUT2D eigenvalue weighted by molar-refractivity contribution is -0.145. The van der Waals surface area contributed by atoms with Crippen LogP contribution >= 0.6 is 11.8 Å².